The summed E-state index contributed by atoms with van der Waals surface area (Å²) in [5.41, 5.74) is -0.447. The van der Waals surface area contributed by atoms with Crippen LogP contribution in [0.25, 0.3) is 0 Å². The highest BCUT2D eigenvalue weighted by Gasteiger charge is 2.18. The second-order valence-electron chi connectivity index (χ2n) is 3.22. The van der Waals surface area contributed by atoms with Gasteiger partial charge in [-0.1, -0.05) is 40.7 Å². The van der Waals surface area contributed by atoms with Gasteiger partial charge in [0.15, 0.2) is 0 Å². The Labute approximate surface area is 92.2 Å². The molecule has 1 atom stereocenters. The highest BCUT2D eigenvalue weighted by molar-refractivity contribution is 9.11. The first-order chi connectivity index (χ1) is 6.56. The summed E-state index contributed by atoms with van der Waals surface area (Å²) in [6.07, 6.45) is 10.8. The molecule has 74 valence electrons. The van der Waals surface area contributed by atoms with E-state index in [-0.39, 0.29) is 5.91 Å². The van der Waals surface area contributed by atoms with E-state index in [0.29, 0.717) is 0 Å². The first-order valence-electron chi connectivity index (χ1n) is 4.24. The molecule has 0 aromatic rings. The van der Waals surface area contributed by atoms with Gasteiger partial charge < -0.3 is 5.32 Å². The van der Waals surface area contributed by atoms with Crippen molar-refractivity contribution in [1.82, 2.24) is 5.32 Å². The molecular weight excluding hydrogens is 242 g/mol. The number of amides is 1. The van der Waals surface area contributed by atoms with Gasteiger partial charge in [0.2, 0.25) is 5.91 Å². The van der Waals surface area contributed by atoms with Crippen LogP contribution in [0, 0.1) is 0 Å². The fourth-order valence-corrected chi connectivity index (χ4v) is 1.39. The van der Waals surface area contributed by atoms with Crippen molar-refractivity contribution in [2.75, 3.05) is 0 Å². The zero-order chi connectivity index (χ0) is 10.6. The van der Waals surface area contributed by atoms with E-state index >= 15 is 0 Å². The molecule has 1 unspecified atom stereocenters. The van der Waals surface area contributed by atoms with E-state index in [0.717, 1.165) is 4.48 Å². The molecule has 0 bridgehead atoms. The lowest BCUT2D eigenvalue weighted by Crippen LogP contribution is -2.41. The van der Waals surface area contributed by atoms with E-state index < -0.39 is 5.54 Å². The zero-order valence-electron chi connectivity index (χ0n) is 7.96. The average Bonchev–Trinajstić information content (AvgIpc) is 2.29. The first kappa shape index (κ1) is 11.0. The van der Waals surface area contributed by atoms with Crippen LogP contribution in [0.1, 0.15) is 6.92 Å². The van der Waals surface area contributed by atoms with Gasteiger partial charge in [-0.15, -0.1) is 0 Å². The molecule has 0 radical (unpaired) electrons. The predicted molar refractivity (Wildman–Crippen MR) is 62.0 cm³/mol. The van der Waals surface area contributed by atoms with Gasteiger partial charge in [-0.05, 0) is 25.2 Å². The predicted octanol–water partition coefficient (Wildman–Crippen LogP) is 2.45. The Kier molecular flexibility index (Phi) is 3.47. The fraction of sp³-hybridized carbons (Fsp3) is 0.182. The van der Waals surface area contributed by atoms with Gasteiger partial charge in [0.25, 0.3) is 0 Å². The molecule has 0 heterocycles. The molecular formula is C11H12BrNO. The van der Waals surface area contributed by atoms with E-state index in [1.807, 2.05) is 37.3 Å². The van der Waals surface area contributed by atoms with Crippen LogP contribution in [0.15, 0.2) is 47.5 Å². The van der Waals surface area contributed by atoms with E-state index in [9.17, 15) is 4.79 Å². The molecule has 0 spiro atoms. The summed E-state index contributed by atoms with van der Waals surface area (Å²) >= 11 is 3.36. The summed E-state index contributed by atoms with van der Waals surface area (Å²) in [6, 6.07) is 0. The van der Waals surface area contributed by atoms with Crippen molar-refractivity contribution in [3.05, 3.63) is 47.5 Å². The highest BCUT2D eigenvalue weighted by atomic mass is 79.9. The van der Waals surface area contributed by atoms with Crippen molar-refractivity contribution in [3.8, 4) is 0 Å². The number of carbonyl (C=O) groups is 1. The van der Waals surface area contributed by atoms with Gasteiger partial charge in [-0.2, -0.15) is 0 Å². The smallest absolute Gasteiger partial charge is 0.244 e. The van der Waals surface area contributed by atoms with Gasteiger partial charge >= 0.3 is 0 Å². The van der Waals surface area contributed by atoms with Crippen molar-refractivity contribution in [2.45, 2.75) is 12.5 Å². The molecule has 0 aromatic heterocycles. The van der Waals surface area contributed by atoms with Crippen LogP contribution in [0.4, 0.5) is 0 Å². The number of carbonyl (C=O) groups excluding carboxylic acids is 1. The molecule has 1 aliphatic rings. The largest absolute Gasteiger partial charge is 0.340 e. The second-order valence-corrected chi connectivity index (χ2v) is 4.14. The molecule has 0 saturated heterocycles. The van der Waals surface area contributed by atoms with Gasteiger partial charge in [0.05, 0.1) is 5.54 Å². The molecule has 0 aliphatic heterocycles. The Morgan fingerprint density at radius 3 is 3.00 bits per heavy atom. The summed E-state index contributed by atoms with van der Waals surface area (Å²) in [6.45, 7) is 5.33. The fourth-order valence-electron chi connectivity index (χ4n) is 1.10. The van der Waals surface area contributed by atoms with Crippen LogP contribution in [0.3, 0.4) is 0 Å². The Morgan fingerprint density at radius 1 is 1.64 bits per heavy atom. The SMILES string of the molecule is C=CC(=O)NC1(C)C=CC=C(Br)C=C1. The van der Waals surface area contributed by atoms with Crippen LogP contribution in [-0.2, 0) is 4.79 Å². The summed E-state index contributed by atoms with van der Waals surface area (Å²) in [5, 5.41) is 2.82. The Morgan fingerprint density at radius 2 is 2.36 bits per heavy atom. The molecule has 14 heavy (non-hydrogen) atoms. The Bertz CT molecular complexity index is 341. The number of halogens is 1. The van der Waals surface area contributed by atoms with Crippen LogP contribution in [0.5, 0.6) is 0 Å². The third kappa shape index (κ3) is 3.00. The van der Waals surface area contributed by atoms with E-state index in [1.54, 1.807) is 0 Å². The molecule has 1 rings (SSSR count). The van der Waals surface area contributed by atoms with Crippen LogP contribution < -0.4 is 5.32 Å². The number of hydrogen-bond donors (Lipinski definition) is 1. The maximum absolute atomic E-state index is 11.2. The number of rotatable bonds is 2. The van der Waals surface area contributed by atoms with E-state index in [4.69, 9.17) is 0 Å². The number of allylic oxidation sites excluding steroid dienone is 4. The maximum Gasteiger partial charge on any atom is 0.244 e. The summed E-state index contributed by atoms with van der Waals surface area (Å²) in [4.78, 5) is 11.2. The molecule has 0 saturated carbocycles. The monoisotopic (exact) mass is 253 g/mol. The van der Waals surface area contributed by atoms with Crippen molar-refractivity contribution < 1.29 is 4.79 Å². The summed E-state index contributed by atoms with van der Waals surface area (Å²) in [7, 11) is 0. The Balaban J connectivity index is 2.82. The van der Waals surface area contributed by atoms with E-state index in [1.165, 1.54) is 6.08 Å². The quantitative estimate of drug-likeness (QED) is 0.753. The topological polar surface area (TPSA) is 29.1 Å². The summed E-state index contributed by atoms with van der Waals surface area (Å²) < 4.78 is 0.977. The second kappa shape index (κ2) is 4.42. The molecule has 0 fully saturated rings. The minimum absolute atomic E-state index is 0.181. The lowest BCUT2D eigenvalue weighted by molar-refractivity contribution is -0.117. The molecule has 2 nitrogen and oxygen atoms in total. The van der Waals surface area contributed by atoms with Crippen molar-refractivity contribution in [3.63, 3.8) is 0 Å². The molecule has 1 N–H and O–H groups in total. The normalized spacial score (nSPS) is 25.1. The standard InChI is InChI=1S/C11H12BrNO/c1-3-10(14)13-11(2)7-4-5-9(12)6-8-11/h3-8H,1H2,2H3,(H,13,14). The average molecular weight is 254 g/mol. The molecule has 3 heteroatoms. The van der Waals surface area contributed by atoms with Crippen LogP contribution >= 0.6 is 15.9 Å². The Hall–Kier alpha value is -1.09. The third-order valence-corrected chi connectivity index (χ3v) is 2.39. The van der Waals surface area contributed by atoms with Gasteiger partial charge in [0, 0.05) is 4.48 Å². The minimum atomic E-state index is -0.447. The van der Waals surface area contributed by atoms with Gasteiger partial charge in [-0.3, -0.25) is 4.79 Å². The number of nitrogens with one attached hydrogen (secondary N) is 1. The van der Waals surface area contributed by atoms with Gasteiger partial charge in [-0.25, -0.2) is 0 Å². The maximum atomic E-state index is 11.2. The molecule has 1 amide bonds. The highest BCUT2D eigenvalue weighted by Crippen LogP contribution is 2.17. The lowest BCUT2D eigenvalue weighted by atomic mass is 10.0. The van der Waals surface area contributed by atoms with Crippen molar-refractivity contribution in [2.24, 2.45) is 0 Å². The molecule has 0 aromatic carbocycles. The first-order valence-corrected chi connectivity index (χ1v) is 5.04. The minimum Gasteiger partial charge on any atom is -0.340 e. The van der Waals surface area contributed by atoms with Crippen molar-refractivity contribution >= 4 is 21.8 Å². The molecule has 1 aliphatic carbocycles. The summed E-state index contributed by atoms with van der Waals surface area (Å²) in [5.74, 6) is -0.181. The third-order valence-electron chi connectivity index (χ3n) is 1.86. The lowest BCUT2D eigenvalue weighted by Gasteiger charge is -2.22. The van der Waals surface area contributed by atoms with Gasteiger partial charge in [0.1, 0.15) is 0 Å². The van der Waals surface area contributed by atoms with Crippen molar-refractivity contribution in [1.29, 1.82) is 0 Å². The zero-order valence-corrected chi connectivity index (χ0v) is 9.54. The van der Waals surface area contributed by atoms with E-state index in [2.05, 4.69) is 27.8 Å². The van der Waals surface area contributed by atoms with Crippen LogP contribution in [0.2, 0.25) is 0 Å². The number of hydrogen-bond acceptors (Lipinski definition) is 1. The van der Waals surface area contributed by atoms with Crippen LogP contribution in [-0.4, -0.2) is 11.4 Å².